The number of fused-ring (bicyclic) bond motifs is 1. The van der Waals surface area contributed by atoms with E-state index in [-0.39, 0.29) is 23.7 Å². The van der Waals surface area contributed by atoms with Crippen LogP contribution in [0.1, 0.15) is 35.5 Å². The molecule has 1 aromatic carbocycles. The van der Waals surface area contributed by atoms with Crippen molar-refractivity contribution in [1.29, 1.82) is 0 Å². The summed E-state index contributed by atoms with van der Waals surface area (Å²) in [4.78, 5) is 36.0. The molecule has 164 valence electrons. The smallest absolute Gasteiger partial charge is 0.256 e. The molecule has 0 unspecified atom stereocenters. The minimum Gasteiger partial charge on any atom is -0.355 e. The lowest BCUT2D eigenvalue weighted by Gasteiger charge is -2.26. The molecule has 3 N–H and O–H groups in total. The first-order valence-corrected chi connectivity index (χ1v) is 10.5. The van der Waals surface area contributed by atoms with E-state index in [4.69, 9.17) is 11.6 Å². The third-order valence-electron chi connectivity index (χ3n) is 5.22. The number of nitrogens with one attached hydrogen (secondary N) is 3. The topological polar surface area (TPSA) is 104 Å². The lowest BCUT2D eigenvalue weighted by molar-refractivity contribution is -0.120. The molecule has 0 saturated carbocycles. The van der Waals surface area contributed by atoms with Crippen molar-refractivity contribution in [2.75, 3.05) is 11.9 Å². The number of carbonyl (C=O) groups is 2. The molecular formula is C23H23ClN6O2. The van der Waals surface area contributed by atoms with Gasteiger partial charge in [0.05, 0.1) is 24.0 Å². The highest BCUT2D eigenvalue weighted by molar-refractivity contribution is 6.30. The molecule has 4 aromatic rings. The standard InChI is InChI=1S/C23H23ClN6O2/c1-23(2,13-26-21(31)9-18-10-25-14-27-18)16-5-3-15(4-6-16)22(32)29-19-12-30-11-17(24)7-8-20(30)28-19/h3-8,10-12,14H,9,13H2,1-2H3,(H,25,27)(H,26,31)(H,29,32). The Morgan fingerprint density at radius 2 is 1.91 bits per heavy atom. The van der Waals surface area contributed by atoms with Crippen molar-refractivity contribution < 1.29 is 9.59 Å². The van der Waals surface area contributed by atoms with Crippen LogP contribution < -0.4 is 10.6 Å². The number of nitrogens with zero attached hydrogens (tertiary/aromatic N) is 3. The maximum Gasteiger partial charge on any atom is 0.256 e. The number of hydrogen-bond donors (Lipinski definition) is 3. The van der Waals surface area contributed by atoms with Crippen LogP contribution in [0.2, 0.25) is 5.02 Å². The third kappa shape index (κ3) is 4.97. The molecule has 32 heavy (non-hydrogen) atoms. The summed E-state index contributed by atoms with van der Waals surface area (Å²) in [6.45, 7) is 4.55. The molecule has 0 bridgehead atoms. The van der Waals surface area contributed by atoms with Crippen LogP contribution in [-0.4, -0.2) is 37.7 Å². The fourth-order valence-corrected chi connectivity index (χ4v) is 3.49. The Labute approximate surface area is 190 Å². The van der Waals surface area contributed by atoms with Gasteiger partial charge in [0.25, 0.3) is 5.91 Å². The second-order valence-electron chi connectivity index (χ2n) is 8.18. The molecule has 8 nitrogen and oxygen atoms in total. The molecule has 9 heteroatoms. The third-order valence-corrected chi connectivity index (χ3v) is 5.44. The van der Waals surface area contributed by atoms with Crippen LogP contribution in [0.15, 0.2) is 61.3 Å². The first-order valence-electron chi connectivity index (χ1n) is 10.1. The summed E-state index contributed by atoms with van der Waals surface area (Å²) < 4.78 is 1.75. The van der Waals surface area contributed by atoms with Crippen LogP contribution in [0.3, 0.4) is 0 Å². The summed E-state index contributed by atoms with van der Waals surface area (Å²) in [5.41, 5.74) is 2.68. The maximum atomic E-state index is 12.6. The number of halogens is 1. The SMILES string of the molecule is CC(C)(CNC(=O)Cc1cnc[nH]1)c1ccc(C(=O)Nc2cn3cc(Cl)ccc3n2)cc1. The first-order chi connectivity index (χ1) is 15.3. The highest BCUT2D eigenvalue weighted by Crippen LogP contribution is 2.23. The number of imidazole rings is 2. The monoisotopic (exact) mass is 450 g/mol. The zero-order valence-electron chi connectivity index (χ0n) is 17.7. The van der Waals surface area contributed by atoms with Crippen LogP contribution in [-0.2, 0) is 16.6 Å². The molecule has 2 amide bonds. The van der Waals surface area contributed by atoms with Gasteiger partial charge in [-0.05, 0) is 29.8 Å². The Kier molecular flexibility index (Phi) is 5.96. The van der Waals surface area contributed by atoms with Crippen molar-refractivity contribution in [2.45, 2.75) is 25.7 Å². The number of pyridine rings is 1. The molecule has 4 rings (SSSR count). The number of benzene rings is 1. The van der Waals surface area contributed by atoms with Crippen molar-refractivity contribution in [1.82, 2.24) is 24.7 Å². The summed E-state index contributed by atoms with van der Waals surface area (Å²) in [5, 5.41) is 6.35. The maximum absolute atomic E-state index is 12.6. The first kappa shape index (κ1) is 21.6. The van der Waals surface area contributed by atoms with Crippen molar-refractivity contribution in [2.24, 2.45) is 0 Å². The van der Waals surface area contributed by atoms with Crippen molar-refractivity contribution in [3.8, 4) is 0 Å². The molecule has 0 fully saturated rings. The van der Waals surface area contributed by atoms with Crippen LogP contribution in [0.4, 0.5) is 5.82 Å². The van der Waals surface area contributed by atoms with Crippen LogP contribution in [0.5, 0.6) is 0 Å². The fraction of sp³-hybridized carbons (Fsp3) is 0.217. The van der Waals surface area contributed by atoms with Gasteiger partial charge in [-0.25, -0.2) is 9.97 Å². The summed E-state index contributed by atoms with van der Waals surface area (Å²) in [6.07, 6.45) is 6.88. The Morgan fingerprint density at radius 1 is 1.12 bits per heavy atom. The Bertz CT molecular complexity index is 1250. The van der Waals surface area contributed by atoms with Gasteiger partial charge in [0.15, 0.2) is 5.82 Å². The largest absolute Gasteiger partial charge is 0.355 e. The average molecular weight is 451 g/mol. The molecule has 0 aliphatic rings. The Hall–Kier alpha value is -3.65. The Morgan fingerprint density at radius 3 is 2.62 bits per heavy atom. The minimum absolute atomic E-state index is 0.0768. The summed E-state index contributed by atoms with van der Waals surface area (Å²) in [5.74, 6) is 0.116. The van der Waals surface area contributed by atoms with Crippen LogP contribution >= 0.6 is 11.6 Å². The zero-order chi connectivity index (χ0) is 22.7. The lowest BCUT2D eigenvalue weighted by atomic mass is 9.84. The summed E-state index contributed by atoms with van der Waals surface area (Å²) >= 11 is 5.99. The van der Waals surface area contributed by atoms with E-state index in [0.717, 1.165) is 11.3 Å². The van der Waals surface area contributed by atoms with E-state index < -0.39 is 0 Å². The predicted octanol–water partition coefficient (Wildman–Crippen LogP) is 3.60. The van der Waals surface area contributed by atoms with Crippen LogP contribution in [0.25, 0.3) is 5.65 Å². The number of amides is 2. The van der Waals surface area contributed by atoms with E-state index in [1.807, 2.05) is 26.0 Å². The van der Waals surface area contributed by atoms with Gasteiger partial charge in [0.2, 0.25) is 5.91 Å². The number of anilines is 1. The van der Waals surface area contributed by atoms with E-state index in [9.17, 15) is 9.59 Å². The quantitative estimate of drug-likeness (QED) is 0.400. The van der Waals surface area contributed by atoms with Crippen molar-refractivity contribution >= 4 is 34.9 Å². The zero-order valence-corrected chi connectivity index (χ0v) is 18.5. The Balaban J connectivity index is 1.37. The minimum atomic E-state index is -0.306. The molecule has 0 atom stereocenters. The van der Waals surface area contributed by atoms with E-state index >= 15 is 0 Å². The van der Waals surface area contributed by atoms with E-state index in [2.05, 4.69) is 25.6 Å². The number of carbonyl (C=O) groups excluding carboxylic acids is 2. The second kappa shape index (κ2) is 8.84. The van der Waals surface area contributed by atoms with Gasteiger partial charge in [-0.3, -0.25) is 9.59 Å². The summed E-state index contributed by atoms with van der Waals surface area (Å²) in [7, 11) is 0. The lowest BCUT2D eigenvalue weighted by Crippen LogP contribution is -2.37. The van der Waals surface area contributed by atoms with Gasteiger partial charge in [0.1, 0.15) is 5.65 Å². The molecule has 0 aliphatic carbocycles. The van der Waals surface area contributed by atoms with Gasteiger partial charge in [-0.15, -0.1) is 0 Å². The van der Waals surface area contributed by atoms with Gasteiger partial charge in [-0.2, -0.15) is 0 Å². The highest BCUT2D eigenvalue weighted by Gasteiger charge is 2.22. The number of aromatic amines is 1. The van der Waals surface area contributed by atoms with Gasteiger partial charge >= 0.3 is 0 Å². The average Bonchev–Trinajstić information content (AvgIpc) is 3.41. The molecular weight excluding hydrogens is 428 g/mol. The molecule has 0 saturated heterocycles. The van der Waals surface area contributed by atoms with E-state index in [0.29, 0.717) is 28.6 Å². The van der Waals surface area contributed by atoms with E-state index in [1.54, 1.807) is 53.6 Å². The highest BCUT2D eigenvalue weighted by atomic mass is 35.5. The van der Waals surface area contributed by atoms with Gasteiger partial charge in [0, 0.05) is 35.6 Å². The van der Waals surface area contributed by atoms with Crippen molar-refractivity contribution in [3.63, 3.8) is 0 Å². The number of aromatic nitrogens is 4. The molecule has 3 aromatic heterocycles. The van der Waals surface area contributed by atoms with Gasteiger partial charge in [-0.1, -0.05) is 37.6 Å². The fourth-order valence-electron chi connectivity index (χ4n) is 3.32. The molecule has 0 spiro atoms. The predicted molar refractivity (Wildman–Crippen MR) is 123 cm³/mol. The normalized spacial score (nSPS) is 11.5. The molecule has 3 heterocycles. The molecule has 0 aliphatic heterocycles. The van der Waals surface area contributed by atoms with Gasteiger partial charge < -0.3 is 20.0 Å². The number of rotatable bonds is 7. The second-order valence-corrected chi connectivity index (χ2v) is 8.62. The number of hydrogen-bond acceptors (Lipinski definition) is 4. The van der Waals surface area contributed by atoms with E-state index in [1.165, 1.54) is 0 Å². The van der Waals surface area contributed by atoms with Crippen LogP contribution in [0, 0.1) is 0 Å². The number of H-pyrrole nitrogens is 1. The summed E-state index contributed by atoms with van der Waals surface area (Å²) in [6, 6.07) is 10.9. The molecule has 0 radical (unpaired) electrons. The van der Waals surface area contributed by atoms with Crippen molar-refractivity contribution in [3.05, 3.63) is 83.2 Å².